The average Bonchev–Trinajstić information content (AvgIpc) is 2.42. The number of rotatable bonds is 4. The smallest absolute Gasteiger partial charge is 0.121 e. The molecule has 4 heteroatoms. The minimum absolute atomic E-state index is 0.336. The second kappa shape index (κ2) is 6.37. The van der Waals surface area contributed by atoms with Crippen LogP contribution in [0.25, 0.3) is 0 Å². The molecule has 2 unspecified atom stereocenters. The number of aryl methyl sites for hydroxylation is 1. The van der Waals surface area contributed by atoms with Gasteiger partial charge in [-0.25, -0.2) is 0 Å². The number of likely N-dealkylation sites (N-methyl/N-ethyl adjacent to an activating group) is 2. The van der Waals surface area contributed by atoms with E-state index < -0.39 is 0 Å². The monoisotopic (exact) mass is 263 g/mol. The minimum atomic E-state index is 0.336. The van der Waals surface area contributed by atoms with Crippen molar-refractivity contribution in [1.82, 2.24) is 15.5 Å². The molecular formula is C15H25N3O. The highest BCUT2D eigenvalue weighted by atomic mass is 16.5. The predicted octanol–water partition coefficient (Wildman–Crippen LogP) is 1.17. The average molecular weight is 263 g/mol. The first-order chi connectivity index (χ1) is 9.17. The molecule has 1 heterocycles. The van der Waals surface area contributed by atoms with Crippen LogP contribution in [0.1, 0.15) is 17.2 Å². The van der Waals surface area contributed by atoms with E-state index >= 15 is 0 Å². The Kier molecular flexibility index (Phi) is 4.80. The standard InChI is InChI=1S/C15H25N3O/c1-11-9-12(5-6-14(11)19-4)15(16-2)13-10-17-7-8-18(13)3/h5-6,9,13,15-17H,7-8,10H2,1-4H3. The molecule has 0 saturated carbocycles. The number of hydrogen-bond acceptors (Lipinski definition) is 4. The maximum atomic E-state index is 5.34. The number of nitrogens with zero attached hydrogens (tertiary/aromatic N) is 1. The predicted molar refractivity (Wildman–Crippen MR) is 78.8 cm³/mol. The van der Waals surface area contributed by atoms with E-state index in [1.165, 1.54) is 11.1 Å². The Hall–Kier alpha value is -1.10. The van der Waals surface area contributed by atoms with Gasteiger partial charge in [-0.15, -0.1) is 0 Å². The molecule has 0 amide bonds. The van der Waals surface area contributed by atoms with Gasteiger partial charge < -0.3 is 15.4 Å². The molecule has 1 aromatic carbocycles. The molecule has 106 valence electrons. The molecule has 19 heavy (non-hydrogen) atoms. The lowest BCUT2D eigenvalue weighted by atomic mass is 9.95. The van der Waals surface area contributed by atoms with Gasteiger partial charge in [0.05, 0.1) is 7.11 Å². The highest BCUT2D eigenvalue weighted by Gasteiger charge is 2.27. The molecule has 0 radical (unpaired) electrons. The summed E-state index contributed by atoms with van der Waals surface area (Å²) in [7, 11) is 5.95. The lowest BCUT2D eigenvalue weighted by Crippen LogP contribution is -2.54. The molecule has 0 aromatic heterocycles. The Morgan fingerprint density at radius 3 is 2.84 bits per heavy atom. The van der Waals surface area contributed by atoms with Crippen molar-refractivity contribution in [3.8, 4) is 5.75 Å². The Balaban J connectivity index is 2.23. The van der Waals surface area contributed by atoms with Crippen molar-refractivity contribution in [2.75, 3.05) is 40.8 Å². The summed E-state index contributed by atoms with van der Waals surface area (Å²) in [6, 6.07) is 7.26. The molecule has 0 spiro atoms. The molecular weight excluding hydrogens is 238 g/mol. The molecule has 2 N–H and O–H groups in total. The minimum Gasteiger partial charge on any atom is -0.496 e. The van der Waals surface area contributed by atoms with Gasteiger partial charge in [-0.2, -0.15) is 0 Å². The number of benzene rings is 1. The Morgan fingerprint density at radius 1 is 1.47 bits per heavy atom. The Morgan fingerprint density at radius 2 is 2.26 bits per heavy atom. The molecule has 1 aliphatic heterocycles. The summed E-state index contributed by atoms with van der Waals surface area (Å²) >= 11 is 0. The summed E-state index contributed by atoms with van der Waals surface area (Å²) in [6.07, 6.45) is 0. The maximum Gasteiger partial charge on any atom is 0.121 e. The summed E-state index contributed by atoms with van der Waals surface area (Å²) in [5.74, 6) is 0.953. The number of hydrogen-bond donors (Lipinski definition) is 2. The molecule has 1 fully saturated rings. The van der Waals surface area contributed by atoms with E-state index in [2.05, 4.69) is 47.7 Å². The van der Waals surface area contributed by atoms with E-state index in [9.17, 15) is 0 Å². The van der Waals surface area contributed by atoms with Gasteiger partial charge in [0.25, 0.3) is 0 Å². The summed E-state index contributed by atoms with van der Waals surface area (Å²) in [4.78, 5) is 2.43. The normalized spacial score (nSPS) is 22.2. The van der Waals surface area contributed by atoms with Crippen LogP contribution in [0.3, 0.4) is 0 Å². The fraction of sp³-hybridized carbons (Fsp3) is 0.600. The number of piperazine rings is 1. The third-order valence-corrected chi connectivity index (χ3v) is 4.03. The zero-order valence-corrected chi connectivity index (χ0v) is 12.4. The SMILES string of the molecule is CNC(c1ccc(OC)c(C)c1)C1CNCCN1C. The summed E-state index contributed by atoms with van der Waals surface area (Å²) in [6.45, 7) is 5.29. The van der Waals surface area contributed by atoms with Crippen molar-refractivity contribution in [1.29, 1.82) is 0 Å². The third-order valence-electron chi connectivity index (χ3n) is 4.03. The molecule has 4 nitrogen and oxygen atoms in total. The van der Waals surface area contributed by atoms with Crippen LogP contribution >= 0.6 is 0 Å². The Bertz CT molecular complexity index is 422. The van der Waals surface area contributed by atoms with Gasteiger partial charge >= 0.3 is 0 Å². The fourth-order valence-corrected chi connectivity index (χ4v) is 2.88. The maximum absolute atomic E-state index is 5.34. The summed E-state index contributed by atoms with van der Waals surface area (Å²) in [5.41, 5.74) is 2.51. The fourth-order valence-electron chi connectivity index (χ4n) is 2.88. The van der Waals surface area contributed by atoms with Crippen LogP contribution < -0.4 is 15.4 Å². The van der Waals surface area contributed by atoms with Gasteiger partial charge in [-0.1, -0.05) is 12.1 Å². The van der Waals surface area contributed by atoms with Gasteiger partial charge in [-0.3, -0.25) is 4.90 Å². The first-order valence-electron chi connectivity index (χ1n) is 6.90. The summed E-state index contributed by atoms with van der Waals surface area (Å²) < 4.78 is 5.34. The van der Waals surface area contributed by atoms with Crippen LogP contribution in [-0.4, -0.2) is 51.8 Å². The zero-order chi connectivity index (χ0) is 13.8. The van der Waals surface area contributed by atoms with Crippen LogP contribution in [0, 0.1) is 6.92 Å². The van der Waals surface area contributed by atoms with Crippen molar-refractivity contribution >= 4 is 0 Å². The first kappa shape index (κ1) is 14.3. The number of nitrogens with one attached hydrogen (secondary N) is 2. The third kappa shape index (κ3) is 3.08. The van der Waals surface area contributed by atoms with Crippen molar-refractivity contribution < 1.29 is 4.74 Å². The van der Waals surface area contributed by atoms with E-state index in [-0.39, 0.29) is 0 Å². The van der Waals surface area contributed by atoms with E-state index in [0.29, 0.717) is 12.1 Å². The summed E-state index contributed by atoms with van der Waals surface area (Å²) in [5, 5.41) is 6.94. The molecule has 1 aromatic rings. The second-order valence-electron chi connectivity index (χ2n) is 5.25. The van der Waals surface area contributed by atoms with Crippen LogP contribution in [-0.2, 0) is 0 Å². The zero-order valence-electron chi connectivity index (χ0n) is 12.4. The highest BCUT2D eigenvalue weighted by molar-refractivity contribution is 5.38. The van der Waals surface area contributed by atoms with Crippen molar-refractivity contribution in [3.05, 3.63) is 29.3 Å². The van der Waals surface area contributed by atoms with Gasteiger partial charge in [0, 0.05) is 31.7 Å². The van der Waals surface area contributed by atoms with Crippen LogP contribution in [0.4, 0.5) is 0 Å². The highest BCUT2D eigenvalue weighted by Crippen LogP contribution is 2.26. The van der Waals surface area contributed by atoms with Gasteiger partial charge in [0.2, 0.25) is 0 Å². The molecule has 0 aliphatic carbocycles. The van der Waals surface area contributed by atoms with E-state index in [4.69, 9.17) is 4.74 Å². The van der Waals surface area contributed by atoms with E-state index in [0.717, 1.165) is 25.4 Å². The number of ether oxygens (including phenoxy) is 1. The lowest BCUT2D eigenvalue weighted by Gasteiger charge is -2.38. The van der Waals surface area contributed by atoms with E-state index in [1.54, 1.807) is 7.11 Å². The topological polar surface area (TPSA) is 36.5 Å². The van der Waals surface area contributed by atoms with Crippen molar-refractivity contribution in [2.45, 2.75) is 19.0 Å². The number of methoxy groups -OCH3 is 1. The van der Waals surface area contributed by atoms with Gasteiger partial charge in [0.1, 0.15) is 5.75 Å². The molecule has 2 rings (SSSR count). The molecule has 2 atom stereocenters. The van der Waals surface area contributed by atoms with Crippen molar-refractivity contribution in [2.24, 2.45) is 0 Å². The lowest BCUT2D eigenvalue weighted by molar-refractivity contribution is 0.162. The largest absolute Gasteiger partial charge is 0.496 e. The van der Waals surface area contributed by atoms with Crippen LogP contribution in [0.2, 0.25) is 0 Å². The van der Waals surface area contributed by atoms with Crippen molar-refractivity contribution in [3.63, 3.8) is 0 Å². The molecule has 1 saturated heterocycles. The first-order valence-corrected chi connectivity index (χ1v) is 6.90. The molecule has 0 bridgehead atoms. The Labute approximate surface area is 116 Å². The van der Waals surface area contributed by atoms with Crippen LogP contribution in [0.5, 0.6) is 5.75 Å². The van der Waals surface area contributed by atoms with Gasteiger partial charge in [0.15, 0.2) is 0 Å². The van der Waals surface area contributed by atoms with Crippen LogP contribution in [0.15, 0.2) is 18.2 Å². The quantitative estimate of drug-likeness (QED) is 0.855. The van der Waals surface area contributed by atoms with Gasteiger partial charge in [-0.05, 0) is 38.2 Å². The second-order valence-corrected chi connectivity index (χ2v) is 5.25. The molecule has 1 aliphatic rings. The van der Waals surface area contributed by atoms with E-state index in [1.807, 2.05) is 7.05 Å².